The normalized spacial score (nSPS) is 11.9. The zero-order valence-electron chi connectivity index (χ0n) is 72.3. The van der Waals surface area contributed by atoms with Gasteiger partial charge in [0.15, 0.2) is 0 Å². The van der Waals surface area contributed by atoms with Crippen LogP contribution in [0, 0.1) is 0 Å². The Kier molecular flexibility index (Phi) is 17.4. The molecule has 0 saturated heterocycles. The van der Waals surface area contributed by atoms with Crippen LogP contribution in [0.1, 0.15) is 0 Å². The largest absolute Gasteiger partial charge is 0.456 e. The molecular weight excluding hydrogens is 1640 g/mol. The Balaban J connectivity index is 0.000000103. The molecular formula is C122H77N11O. The summed E-state index contributed by atoms with van der Waals surface area (Å²) in [6.45, 7) is 0. The van der Waals surface area contributed by atoms with Crippen LogP contribution in [0.4, 0.5) is 0 Å². The van der Waals surface area contributed by atoms with Gasteiger partial charge in [-0.25, -0.2) is 19.9 Å². The van der Waals surface area contributed by atoms with Crippen molar-refractivity contribution in [3.63, 3.8) is 0 Å². The first-order valence-electron chi connectivity index (χ1n) is 45.4. The molecule has 0 saturated carbocycles. The number of benzene rings is 17. The second kappa shape index (κ2) is 30.7. The van der Waals surface area contributed by atoms with E-state index in [1.165, 1.54) is 103 Å². The van der Waals surface area contributed by atoms with Crippen molar-refractivity contribution in [3.05, 3.63) is 467 Å². The minimum atomic E-state index is 0.857. The number of hydrogen-bond acceptors (Lipinski definition) is 5. The van der Waals surface area contributed by atoms with Crippen molar-refractivity contribution in [2.45, 2.75) is 0 Å². The summed E-state index contributed by atoms with van der Waals surface area (Å²) in [5.74, 6) is 4.40. The van der Waals surface area contributed by atoms with Gasteiger partial charge in [0, 0.05) is 114 Å². The van der Waals surface area contributed by atoms with E-state index < -0.39 is 0 Å². The molecule has 12 nitrogen and oxygen atoms in total. The molecule has 0 aliphatic heterocycles. The summed E-state index contributed by atoms with van der Waals surface area (Å²) in [5.41, 5.74) is 26.2. The number of fused-ring (bicyclic) bond motifs is 27. The molecule has 0 atom stereocenters. The summed E-state index contributed by atoms with van der Waals surface area (Å²) in [4.78, 5) is 21.3. The van der Waals surface area contributed by atoms with Gasteiger partial charge in [-0.1, -0.05) is 322 Å². The highest BCUT2D eigenvalue weighted by atomic mass is 16.3. The Morgan fingerprint density at radius 2 is 0.381 bits per heavy atom. The molecule has 0 bridgehead atoms. The van der Waals surface area contributed by atoms with Crippen LogP contribution in [0.25, 0.3) is 249 Å². The zero-order valence-corrected chi connectivity index (χ0v) is 72.3. The number of furan rings is 1. The van der Waals surface area contributed by atoms with E-state index in [9.17, 15) is 0 Å². The van der Waals surface area contributed by atoms with Gasteiger partial charge in [0.2, 0.25) is 0 Å². The van der Waals surface area contributed by atoms with E-state index in [0.29, 0.717) is 0 Å². The molecule has 0 aliphatic rings. The average Bonchev–Trinajstić information content (AvgIpc) is 1.55. The van der Waals surface area contributed by atoms with Crippen LogP contribution in [0.5, 0.6) is 0 Å². The number of hydrogen-bond donors (Lipinski definition) is 0. The molecule has 12 heterocycles. The Morgan fingerprint density at radius 3 is 0.724 bits per heavy atom. The van der Waals surface area contributed by atoms with Crippen molar-refractivity contribution < 1.29 is 4.42 Å². The lowest BCUT2D eigenvalue weighted by Crippen LogP contribution is -2.04. The Hall–Kier alpha value is -18.3. The maximum absolute atomic E-state index is 6.11. The number of aromatic nitrogens is 11. The number of nitrogens with zero attached hydrogens (tertiary/aromatic N) is 11. The molecule has 17 aromatic carbocycles. The highest BCUT2D eigenvalue weighted by Crippen LogP contribution is 2.48. The molecule has 12 aromatic heterocycles. The van der Waals surface area contributed by atoms with Crippen molar-refractivity contribution in [1.82, 2.24) is 51.9 Å². The van der Waals surface area contributed by atoms with E-state index in [2.05, 4.69) is 475 Å². The number of rotatable bonds is 10. The highest BCUT2D eigenvalue weighted by molar-refractivity contribution is 6.27. The summed E-state index contributed by atoms with van der Waals surface area (Å²) < 4.78 is 22.6. The Bertz CT molecular complexity index is 9740. The molecule has 29 rings (SSSR count). The summed E-state index contributed by atoms with van der Waals surface area (Å²) in [6.07, 6.45) is 0. The van der Waals surface area contributed by atoms with E-state index in [0.717, 1.165) is 146 Å². The van der Waals surface area contributed by atoms with Gasteiger partial charge in [0.25, 0.3) is 0 Å². The van der Waals surface area contributed by atoms with Gasteiger partial charge in [0.1, 0.15) is 40.3 Å². The molecule has 0 amide bonds. The van der Waals surface area contributed by atoms with Crippen LogP contribution in [-0.2, 0) is 0 Å². The quantitative estimate of drug-likeness (QED) is 0.136. The molecule has 29 aromatic rings. The summed E-state index contributed by atoms with van der Waals surface area (Å²) >= 11 is 0. The van der Waals surface area contributed by atoms with Gasteiger partial charge in [0.05, 0.1) is 94.3 Å². The second-order valence-electron chi connectivity index (χ2n) is 34.3. The van der Waals surface area contributed by atoms with E-state index in [-0.39, 0.29) is 0 Å². The molecule has 0 spiro atoms. The lowest BCUT2D eigenvalue weighted by molar-refractivity contribution is 0.669. The van der Waals surface area contributed by atoms with Crippen molar-refractivity contribution in [2.24, 2.45) is 0 Å². The first-order chi connectivity index (χ1) is 66.5. The van der Waals surface area contributed by atoms with Crippen molar-refractivity contribution in [2.75, 3.05) is 0 Å². The SMILES string of the molecule is c1ccc(-c2cccc(-n3c4ccccc4c4ccc5c6ccccc6n(-c6cccc(-n7c8ccccc8c8ccccc87)n6)c5c43)n2)cc1.c1ccc(-c2cccc(-n3c4ccccc4c4ccc5c6ccccc6n(-c6ccccc6)c5c43)n2)cc1.c1ccc(-n2c3ccccc3c3ccc4c5ccccc5n(-c5cccc(-c6ccc7oc8ccccc8c7c6)n5)c4c32)cc1. The van der Waals surface area contributed by atoms with E-state index in [4.69, 9.17) is 24.4 Å². The van der Waals surface area contributed by atoms with E-state index in [1.54, 1.807) is 0 Å². The zero-order chi connectivity index (χ0) is 88.0. The second-order valence-corrected chi connectivity index (χ2v) is 34.3. The molecule has 0 radical (unpaired) electrons. The number of para-hydroxylation sites is 11. The van der Waals surface area contributed by atoms with E-state index in [1.807, 2.05) is 24.3 Å². The topological polar surface area (TPSA) is 99.2 Å². The molecule has 0 unspecified atom stereocenters. The van der Waals surface area contributed by atoms with Crippen molar-refractivity contribution in [3.8, 4) is 74.2 Å². The van der Waals surface area contributed by atoms with Crippen molar-refractivity contribution >= 4 is 175 Å². The third-order valence-corrected chi connectivity index (χ3v) is 26.9. The van der Waals surface area contributed by atoms with Crippen LogP contribution < -0.4 is 0 Å². The smallest absolute Gasteiger partial charge is 0.140 e. The lowest BCUT2D eigenvalue weighted by atomic mass is 10.1. The fourth-order valence-corrected chi connectivity index (χ4v) is 21.2. The van der Waals surface area contributed by atoms with Gasteiger partial charge in [-0.3, -0.25) is 22.8 Å². The van der Waals surface area contributed by atoms with Gasteiger partial charge in [-0.15, -0.1) is 0 Å². The van der Waals surface area contributed by atoms with Crippen LogP contribution in [0.15, 0.2) is 472 Å². The summed E-state index contributed by atoms with van der Waals surface area (Å²) in [5, 5.41) is 19.2. The predicted molar refractivity (Wildman–Crippen MR) is 554 cm³/mol. The van der Waals surface area contributed by atoms with Gasteiger partial charge >= 0.3 is 0 Å². The minimum absolute atomic E-state index is 0.857. The van der Waals surface area contributed by atoms with E-state index >= 15 is 0 Å². The maximum Gasteiger partial charge on any atom is 0.140 e. The molecule has 0 aliphatic carbocycles. The monoisotopic (exact) mass is 1710 g/mol. The van der Waals surface area contributed by atoms with Crippen LogP contribution >= 0.6 is 0 Å². The van der Waals surface area contributed by atoms with Gasteiger partial charge < -0.3 is 13.6 Å². The van der Waals surface area contributed by atoms with Gasteiger partial charge in [-0.2, -0.15) is 0 Å². The third-order valence-electron chi connectivity index (χ3n) is 26.9. The van der Waals surface area contributed by atoms with Crippen LogP contribution in [0.2, 0.25) is 0 Å². The fraction of sp³-hybridized carbons (Fsp3) is 0. The molecule has 626 valence electrons. The summed E-state index contributed by atoms with van der Waals surface area (Å²) in [7, 11) is 0. The van der Waals surface area contributed by atoms with Gasteiger partial charge in [-0.05, 0) is 146 Å². The Labute approximate surface area is 767 Å². The summed E-state index contributed by atoms with van der Waals surface area (Å²) in [6, 6.07) is 165. The van der Waals surface area contributed by atoms with Crippen molar-refractivity contribution in [1.29, 1.82) is 0 Å². The predicted octanol–water partition coefficient (Wildman–Crippen LogP) is 31.2. The number of pyridine rings is 4. The third kappa shape index (κ3) is 11.9. The minimum Gasteiger partial charge on any atom is -0.456 e. The van der Waals surface area contributed by atoms with Crippen LogP contribution in [-0.4, -0.2) is 51.9 Å². The standard InChI is InChI=1S/C46H29N5.C41H25N3O.C35H23N3/c1-2-14-30(15-3-1)37-20-12-25-42(47-37)50-40-23-10-6-18-33(40)35-28-29-36-34-19-7-11-24-41(34)51(46(36)45(35)50)44-27-13-26-43(48-44)49-38-21-8-4-16-31(38)32-17-5-9-22-39(32)49;1-2-11-27(12-3-1)43-35-17-7-4-13-28(35)31-22-23-32-29-14-5-8-18-36(29)44(41(32)40(31)43)39-20-10-16-34(42-39)26-21-24-38-33(25-26)30-15-6-9-19-37(30)45-38;1-3-12-24(13-4-1)30-18-11-21-33(36-30)38-32-20-10-8-17-27(32)29-23-22-28-26-16-7-9-19-31(26)37(34(28)35(29)38)25-14-5-2-6-15-25/h1-29H;1-25H;1-23H. The first kappa shape index (κ1) is 75.8. The lowest BCUT2D eigenvalue weighted by Gasteiger charge is -2.14. The fourth-order valence-electron chi connectivity index (χ4n) is 21.2. The molecule has 12 heteroatoms. The first-order valence-corrected chi connectivity index (χ1v) is 45.4. The molecule has 0 fully saturated rings. The maximum atomic E-state index is 6.11. The molecule has 0 N–H and O–H groups in total. The average molecular weight is 1710 g/mol. The van der Waals surface area contributed by atoms with Crippen LogP contribution in [0.3, 0.4) is 0 Å². The Morgan fingerprint density at radius 1 is 0.142 bits per heavy atom. The highest BCUT2D eigenvalue weighted by Gasteiger charge is 2.28. The molecule has 134 heavy (non-hydrogen) atoms.